The molecule has 2 aromatic carbocycles. The number of hydrogen-bond donors (Lipinski definition) is 2. The number of sulfonamides is 1. The number of piperidine rings is 1. The maximum Gasteiger partial charge on any atom is 0.246 e. The monoisotopic (exact) mass is 421 g/mol. The number of amides is 1. The highest BCUT2D eigenvalue weighted by Crippen LogP contribution is 2.31. The fraction of sp³-hybridized carbons (Fsp3) is 0.350. The summed E-state index contributed by atoms with van der Waals surface area (Å²) in [6.45, 7) is 0.865. The van der Waals surface area contributed by atoms with Crippen LogP contribution in [0.4, 0.5) is 15.8 Å². The van der Waals surface area contributed by atoms with E-state index in [0.717, 1.165) is 19.3 Å². The van der Waals surface area contributed by atoms with Crippen molar-refractivity contribution in [2.45, 2.75) is 24.2 Å². The molecule has 1 aliphatic rings. The van der Waals surface area contributed by atoms with E-state index < -0.39 is 15.8 Å². The topological polar surface area (TPSA) is 87.7 Å². The molecule has 0 spiro atoms. The molecule has 3 rings (SSSR count). The first-order valence-corrected chi connectivity index (χ1v) is 10.8. The summed E-state index contributed by atoms with van der Waals surface area (Å²) in [7, 11) is -2.27. The Kier molecular flexibility index (Phi) is 6.71. The van der Waals surface area contributed by atoms with Gasteiger partial charge in [0.1, 0.15) is 16.5 Å². The highest BCUT2D eigenvalue weighted by Gasteiger charge is 2.29. The molecule has 2 N–H and O–H groups in total. The fourth-order valence-electron chi connectivity index (χ4n) is 3.19. The largest absolute Gasteiger partial charge is 0.495 e. The van der Waals surface area contributed by atoms with E-state index in [1.807, 2.05) is 0 Å². The van der Waals surface area contributed by atoms with Crippen molar-refractivity contribution in [1.29, 1.82) is 0 Å². The zero-order chi connectivity index (χ0) is 20.9. The van der Waals surface area contributed by atoms with E-state index in [9.17, 15) is 17.6 Å². The van der Waals surface area contributed by atoms with Crippen molar-refractivity contribution >= 4 is 27.3 Å². The van der Waals surface area contributed by atoms with Gasteiger partial charge >= 0.3 is 0 Å². The van der Waals surface area contributed by atoms with Gasteiger partial charge in [0.05, 0.1) is 13.7 Å². The first kappa shape index (κ1) is 21.1. The van der Waals surface area contributed by atoms with E-state index in [0.29, 0.717) is 24.5 Å². The first-order chi connectivity index (χ1) is 13.9. The minimum atomic E-state index is -3.69. The minimum Gasteiger partial charge on any atom is -0.495 e. The number of methoxy groups -OCH3 is 1. The molecule has 0 aliphatic carbocycles. The summed E-state index contributed by atoms with van der Waals surface area (Å²) in [5, 5.41) is 5.48. The number of ether oxygens (including phenoxy) is 1. The van der Waals surface area contributed by atoms with Crippen molar-refractivity contribution in [3.63, 3.8) is 0 Å². The van der Waals surface area contributed by atoms with Gasteiger partial charge in [-0.1, -0.05) is 12.5 Å². The molecule has 1 saturated heterocycles. The SMILES string of the molecule is COc1ccc(NCC(=O)Nc2cccc(F)c2)cc1S(=O)(=O)N1CCCCC1. The Balaban J connectivity index is 1.72. The average molecular weight is 421 g/mol. The average Bonchev–Trinajstić information content (AvgIpc) is 2.72. The summed E-state index contributed by atoms with van der Waals surface area (Å²) in [4.78, 5) is 12.2. The Morgan fingerprint density at radius 2 is 1.86 bits per heavy atom. The molecule has 0 saturated carbocycles. The van der Waals surface area contributed by atoms with Crippen molar-refractivity contribution in [3.8, 4) is 5.75 Å². The number of nitrogens with one attached hydrogen (secondary N) is 2. The van der Waals surface area contributed by atoms with Gasteiger partial charge in [-0.05, 0) is 49.2 Å². The second-order valence-corrected chi connectivity index (χ2v) is 8.65. The van der Waals surface area contributed by atoms with Crippen molar-refractivity contribution < 1.29 is 22.3 Å². The van der Waals surface area contributed by atoms with Gasteiger partial charge in [-0.3, -0.25) is 4.79 Å². The Bertz CT molecular complexity index is 975. The van der Waals surface area contributed by atoms with Gasteiger partial charge in [0.2, 0.25) is 15.9 Å². The van der Waals surface area contributed by atoms with E-state index >= 15 is 0 Å². The zero-order valence-electron chi connectivity index (χ0n) is 16.2. The number of halogens is 1. The number of nitrogens with zero attached hydrogens (tertiary/aromatic N) is 1. The minimum absolute atomic E-state index is 0.0671. The van der Waals surface area contributed by atoms with Crippen molar-refractivity contribution in [2.75, 3.05) is 37.4 Å². The molecule has 7 nitrogen and oxygen atoms in total. The predicted octanol–water partition coefficient (Wildman–Crippen LogP) is 3.06. The lowest BCUT2D eigenvalue weighted by atomic mass is 10.2. The molecular formula is C20H24FN3O4S. The van der Waals surface area contributed by atoms with Crippen LogP contribution < -0.4 is 15.4 Å². The Morgan fingerprint density at radius 3 is 2.55 bits per heavy atom. The quantitative estimate of drug-likeness (QED) is 0.718. The normalized spacial score (nSPS) is 15.0. The van der Waals surface area contributed by atoms with Crippen LogP contribution in [0.1, 0.15) is 19.3 Å². The highest BCUT2D eigenvalue weighted by molar-refractivity contribution is 7.89. The Morgan fingerprint density at radius 1 is 1.10 bits per heavy atom. The molecule has 2 aromatic rings. The third-order valence-corrected chi connectivity index (χ3v) is 6.58. The lowest BCUT2D eigenvalue weighted by Gasteiger charge is -2.26. The molecule has 0 unspecified atom stereocenters. The fourth-order valence-corrected chi connectivity index (χ4v) is 4.88. The molecule has 1 aliphatic heterocycles. The molecule has 1 fully saturated rings. The van der Waals surface area contributed by atoms with Crippen LogP contribution in [-0.2, 0) is 14.8 Å². The molecule has 9 heteroatoms. The summed E-state index contributed by atoms with van der Waals surface area (Å²) in [5.74, 6) is -0.573. The van der Waals surface area contributed by atoms with Crippen molar-refractivity contribution in [1.82, 2.24) is 4.31 Å². The van der Waals surface area contributed by atoms with Gasteiger partial charge in [0.25, 0.3) is 0 Å². The molecule has 0 radical (unpaired) electrons. The van der Waals surface area contributed by atoms with Crippen LogP contribution in [-0.4, -0.2) is 45.4 Å². The van der Waals surface area contributed by atoms with Gasteiger partial charge in [-0.2, -0.15) is 4.31 Å². The van der Waals surface area contributed by atoms with E-state index in [-0.39, 0.29) is 23.1 Å². The van der Waals surface area contributed by atoms with E-state index in [1.165, 1.54) is 35.7 Å². The predicted molar refractivity (Wildman–Crippen MR) is 109 cm³/mol. The van der Waals surface area contributed by atoms with Crippen molar-refractivity contribution in [3.05, 3.63) is 48.3 Å². The third kappa shape index (κ3) is 5.24. The zero-order valence-corrected chi connectivity index (χ0v) is 17.0. The van der Waals surface area contributed by atoms with E-state index in [2.05, 4.69) is 10.6 Å². The van der Waals surface area contributed by atoms with E-state index in [1.54, 1.807) is 18.2 Å². The highest BCUT2D eigenvalue weighted by atomic mass is 32.2. The van der Waals surface area contributed by atoms with Crippen LogP contribution >= 0.6 is 0 Å². The number of rotatable bonds is 7. The Hall–Kier alpha value is -2.65. The maximum atomic E-state index is 13.2. The molecule has 1 amide bonds. The Labute approximate surface area is 169 Å². The van der Waals surface area contributed by atoms with Crippen LogP contribution in [0, 0.1) is 5.82 Å². The van der Waals surface area contributed by atoms with Crippen molar-refractivity contribution in [2.24, 2.45) is 0 Å². The van der Waals surface area contributed by atoms with Gasteiger partial charge in [-0.25, -0.2) is 12.8 Å². The summed E-state index contributed by atoms with van der Waals surface area (Å²) in [6, 6.07) is 10.3. The second-order valence-electron chi connectivity index (χ2n) is 6.74. The van der Waals surface area contributed by atoms with E-state index in [4.69, 9.17) is 4.74 Å². The summed E-state index contributed by atoms with van der Waals surface area (Å²) in [6.07, 6.45) is 2.69. The first-order valence-electron chi connectivity index (χ1n) is 9.37. The van der Waals surface area contributed by atoms with Gasteiger partial charge in [0, 0.05) is 24.5 Å². The number of hydrogen-bond acceptors (Lipinski definition) is 5. The smallest absolute Gasteiger partial charge is 0.246 e. The molecular weight excluding hydrogens is 397 g/mol. The number of anilines is 2. The molecule has 1 heterocycles. The summed E-state index contributed by atoms with van der Waals surface area (Å²) < 4.78 is 46.0. The molecule has 0 bridgehead atoms. The van der Waals surface area contributed by atoms with Gasteiger partial charge < -0.3 is 15.4 Å². The maximum absolute atomic E-state index is 13.2. The lowest BCUT2D eigenvalue weighted by Crippen LogP contribution is -2.35. The van der Waals surface area contributed by atoms with Crippen LogP contribution in [0.25, 0.3) is 0 Å². The third-order valence-electron chi connectivity index (χ3n) is 4.66. The van der Waals surface area contributed by atoms with Crippen LogP contribution in [0.3, 0.4) is 0 Å². The van der Waals surface area contributed by atoms with Crippen LogP contribution in [0.2, 0.25) is 0 Å². The molecule has 29 heavy (non-hydrogen) atoms. The summed E-state index contributed by atoms with van der Waals surface area (Å²) in [5.41, 5.74) is 0.815. The molecule has 0 atom stereocenters. The second kappa shape index (κ2) is 9.23. The molecule has 0 aromatic heterocycles. The summed E-state index contributed by atoms with van der Waals surface area (Å²) >= 11 is 0. The van der Waals surface area contributed by atoms with Crippen LogP contribution in [0.15, 0.2) is 47.4 Å². The molecule has 156 valence electrons. The number of carbonyl (C=O) groups excluding carboxylic acids is 1. The number of benzene rings is 2. The lowest BCUT2D eigenvalue weighted by molar-refractivity contribution is -0.114. The van der Waals surface area contributed by atoms with Crippen LogP contribution in [0.5, 0.6) is 5.75 Å². The number of carbonyl (C=O) groups is 1. The standard InChI is InChI=1S/C20H24FN3O4S/c1-28-18-9-8-16(13-19(18)29(26,27)24-10-3-2-4-11-24)22-14-20(25)23-17-7-5-6-15(21)12-17/h5-9,12-13,22H,2-4,10-11,14H2,1H3,(H,23,25). The van der Waals surface area contributed by atoms with Gasteiger partial charge in [0.15, 0.2) is 0 Å². The van der Waals surface area contributed by atoms with Gasteiger partial charge in [-0.15, -0.1) is 0 Å².